The van der Waals surface area contributed by atoms with Gasteiger partial charge in [0.25, 0.3) is 5.91 Å². The first-order valence-electron chi connectivity index (χ1n) is 9.08. The summed E-state index contributed by atoms with van der Waals surface area (Å²) in [5.74, 6) is 1.63. The average Bonchev–Trinajstić information content (AvgIpc) is 3.34. The number of pyridine rings is 1. The molecule has 0 bridgehead atoms. The number of aromatic nitrogens is 3. The third kappa shape index (κ3) is 2.95. The van der Waals surface area contributed by atoms with Gasteiger partial charge in [-0.25, -0.2) is 9.97 Å². The Morgan fingerprint density at radius 1 is 1.08 bits per heavy atom. The maximum atomic E-state index is 13.0. The highest BCUT2D eigenvalue weighted by Gasteiger charge is 2.35. The molecule has 2 aromatic rings. The minimum Gasteiger partial charge on any atom is -0.335 e. The van der Waals surface area contributed by atoms with E-state index in [1.165, 1.54) is 32.1 Å². The summed E-state index contributed by atoms with van der Waals surface area (Å²) in [6.07, 6.45) is 15.9. The van der Waals surface area contributed by atoms with Crippen molar-refractivity contribution in [3.05, 3.63) is 42.6 Å². The summed E-state index contributed by atoms with van der Waals surface area (Å²) in [5, 5.41) is 0. The molecule has 4 rings (SSSR count). The predicted octanol–water partition coefficient (Wildman–Crippen LogP) is 3.45. The largest absolute Gasteiger partial charge is 0.335 e. The molecule has 3 heterocycles. The minimum atomic E-state index is 0.146. The lowest BCUT2D eigenvalue weighted by Gasteiger charge is -2.34. The van der Waals surface area contributed by atoms with E-state index in [1.807, 2.05) is 22.9 Å². The van der Waals surface area contributed by atoms with E-state index < -0.39 is 0 Å². The van der Waals surface area contributed by atoms with Gasteiger partial charge in [0.2, 0.25) is 0 Å². The lowest BCUT2D eigenvalue weighted by atomic mass is 9.83. The summed E-state index contributed by atoms with van der Waals surface area (Å²) in [5.41, 5.74) is 0.696. The van der Waals surface area contributed by atoms with E-state index in [9.17, 15) is 4.79 Å². The van der Waals surface area contributed by atoms with Gasteiger partial charge in [-0.2, -0.15) is 0 Å². The lowest BCUT2D eigenvalue weighted by molar-refractivity contribution is 0.0661. The molecule has 2 aromatic heterocycles. The van der Waals surface area contributed by atoms with E-state index in [0.29, 0.717) is 17.5 Å². The molecule has 0 N–H and O–H groups in total. The van der Waals surface area contributed by atoms with Crippen molar-refractivity contribution >= 4 is 5.91 Å². The van der Waals surface area contributed by atoms with Gasteiger partial charge in [-0.05, 0) is 43.7 Å². The smallest absolute Gasteiger partial charge is 0.255 e. The highest BCUT2D eigenvalue weighted by Crippen LogP contribution is 2.34. The SMILES string of the molecule is O=C(c1ccc(-n2ccnc2)nc1)N1CCC[C@H]1C1CCCCC1. The molecule has 1 aliphatic heterocycles. The third-order valence-electron chi connectivity index (χ3n) is 5.52. The van der Waals surface area contributed by atoms with Crippen molar-refractivity contribution in [2.45, 2.75) is 51.0 Å². The molecule has 1 amide bonds. The van der Waals surface area contributed by atoms with Crippen molar-refractivity contribution in [2.75, 3.05) is 6.54 Å². The van der Waals surface area contributed by atoms with E-state index in [2.05, 4.69) is 14.9 Å². The van der Waals surface area contributed by atoms with Gasteiger partial charge in [-0.15, -0.1) is 0 Å². The van der Waals surface area contributed by atoms with Crippen molar-refractivity contribution in [1.82, 2.24) is 19.4 Å². The maximum Gasteiger partial charge on any atom is 0.255 e. The molecule has 2 aliphatic rings. The fourth-order valence-electron chi connectivity index (χ4n) is 4.28. The number of carbonyl (C=O) groups is 1. The topological polar surface area (TPSA) is 51.0 Å². The van der Waals surface area contributed by atoms with Crippen LogP contribution in [0.3, 0.4) is 0 Å². The third-order valence-corrected chi connectivity index (χ3v) is 5.52. The van der Waals surface area contributed by atoms with Gasteiger partial charge < -0.3 is 4.90 Å². The summed E-state index contributed by atoms with van der Waals surface area (Å²) < 4.78 is 1.84. The number of imidazole rings is 1. The van der Waals surface area contributed by atoms with Crippen LogP contribution in [-0.2, 0) is 0 Å². The molecule has 2 fully saturated rings. The van der Waals surface area contributed by atoms with Gasteiger partial charge in [-0.3, -0.25) is 9.36 Å². The zero-order valence-corrected chi connectivity index (χ0v) is 14.0. The summed E-state index contributed by atoms with van der Waals surface area (Å²) in [7, 11) is 0. The number of carbonyl (C=O) groups excluding carboxylic acids is 1. The molecule has 24 heavy (non-hydrogen) atoms. The predicted molar refractivity (Wildman–Crippen MR) is 92.0 cm³/mol. The van der Waals surface area contributed by atoms with Gasteiger partial charge in [0, 0.05) is 31.2 Å². The van der Waals surface area contributed by atoms with Crippen LogP contribution in [-0.4, -0.2) is 37.9 Å². The molecule has 0 spiro atoms. The second kappa shape index (κ2) is 6.75. The van der Waals surface area contributed by atoms with Gasteiger partial charge in [-0.1, -0.05) is 19.3 Å². The molecule has 126 valence electrons. The highest BCUT2D eigenvalue weighted by molar-refractivity contribution is 5.94. The van der Waals surface area contributed by atoms with Crippen LogP contribution in [0.15, 0.2) is 37.1 Å². The molecule has 0 unspecified atom stereocenters. The number of amides is 1. The van der Waals surface area contributed by atoms with E-state index >= 15 is 0 Å². The maximum absolute atomic E-state index is 13.0. The minimum absolute atomic E-state index is 0.146. The van der Waals surface area contributed by atoms with Crippen LogP contribution in [0.1, 0.15) is 55.3 Å². The summed E-state index contributed by atoms with van der Waals surface area (Å²) in [6, 6.07) is 4.22. The quantitative estimate of drug-likeness (QED) is 0.869. The molecule has 0 radical (unpaired) electrons. The lowest BCUT2D eigenvalue weighted by Crippen LogP contribution is -2.40. The molecular formula is C19H24N4O. The first-order valence-corrected chi connectivity index (χ1v) is 9.08. The summed E-state index contributed by atoms with van der Waals surface area (Å²) in [6.45, 7) is 0.892. The highest BCUT2D eigenvalue weighted by atomic mass is 16.2. The normalized spacial score (nSPS) is 22.0. The van der Waals surface area contributed by atoms with Gasteiger partial charge in [0.05, 0.1) is 5.56 Å². The molecule has 1 saturated heterocycles. The number of nitrogens with zero attached hydrogens (tertiary/aromatic N) is 4. The number of likely N-dealkylation sites (tertiary alicyclic amines) is 1. The Kier molecular flexibility index (Phi) is 4.32. The second-order valence-corrected chi connectivity index (χ2v) is 6.98. The first kappa shape index (κ1) is 15.4. The van der Waals surface area contributed by atoms with Crippen molar-refractivity contribution in [2.24, 2.45) is 5.92 Å². The zero-order chi connectivity index (χ0) is 16.4. The van der Waals surface area contributed by atoms with E-state index in [-0.39, 0.29) is 5.91 Å². The Bertz CT molecular complexity index is 674. The van der Waals surface area contributed by atoms with Crippen LogP contribution in [0.2, 0.25) is 0 Å². The fraction of sp³-hybridized carbons (Fsp3) is 0.526. The van der Waals surface area contributed by atoms with E-state index in [0.717, 1.165) is 25.2 Å². The molecule has 0 aromatic carbocycles. The molecule has 5 nitrogen and oxygen atoms in total. The number of rotatable bonds is 3. The van der Waals surface area contributed by atoms with Crippen LogP contribution < -0.4 is 0 Å². The molecule has 1 aliphatic carbocycles. The van der Waals surface area contributed by atoms with Crippen LogP contribution in [0.5, 0.6) is 0 Å². The van der Waals surface area contributed by atoms with Crippen molar-refractivity contribution < 1.29 is 4.79 Å². The van der Waals surface area contributed by atoms with Crippen molar-refractivity contribution in [1.29, 1.82) is 0 Å². The average molecular weight is 324 g/mol. The Balaban J connectivity index is 1.50. The standard InChI is InChI=1S/C19H24N4O/c24-19(16-8-9-18(21-13-16)22-12-10-20-14-22)23-11-4-7-17(23)15-5-2-1-3-6-15/h8-10,12-15,17H,1-7,11H2/t17-/m0/s1. The molecular weight excluding hydrogens is 300 g/mol. The zero-order valence-electron chi connectivity index (χ0n) is 14.0. The van der Waals surface area contributed by atoms with Crippen LogP contribution in [0.4, 0.5) is 0 Å². The molecule has 1 atom stereocenters. The monoisotopic (exact) mass is 324 g/mol. The molecule has 5 heteroatoms. The van der Waals surface area contributed by atoms with Gasteiger partial charge in [0.15, 0.2) is 0 Å². The Labute approximate surface area is 142 Å². The Hall–Kier alpha value is -2.17. The Morgan fingerprint density at radius 2 is 1.96 bits per heavy atom. The second-order valence-electron chi connectivity index (χ2n) is 6.98. The van der Waals surface area contributed by atoms with Crippen LogP contribution >= 0.6 is 0 Å². The Morgan fingerprint density at radius 3 is 2.67 bits per heavy atom. The van der Waals surface area contributed by atoms with Crippen molar-refractivity contribution in [3.63, 3.8) is 0 Å². The van der Waals surface area contributed by atoms with E-state index in [1.54, 1.807) is 18.7 Å². The number of hydrogen-bond donors (Lipinski definition) is 0. The first-order chi connectivity index (χ1) is 11.8. The van der Waals surface area contributed by atoms with Crippen LogP contribution in [0, 0.1) is 5.92 Å². The van der Waals surface area contributed by atoms with E-state index in [4.69, 9.17) is 0 Å². The van der Waals surface area contributed by atoms with Gasteiger partial charge >= 0.3 is 0 Å². The number of hydrogen-bond acceptors (Lipinski definition) is 3. The summed E-state index contributed by atoms with van der Waals surface area (Å²) in [4.78, 5) is 23.5. The fourth-order valence-corrected chi connectivity index (χ4v) is 4.28. The molecule has 1 saturated carbocycles. The van der Waals surface area contributed by atoms with Crippen LogP contribution in [0.25, 0.3) is 5.82 Å². The van der Waals surface area contributed by atoms with Gasteiger partial charge in [0.1, 0.15) is 12.1 Å². The summed E-state index contributed by atoms with van der Waals surface area (Å²) >= 11 is 0. The van der Waals surface area contributed by atoms with Crippen molar-refractivity contribution in [3.8, 4) is 5.82 Å².